The van der Waals surface area contributed by atoms with Crippen molar-refractivity contribution in [3.63, 3.8) is 0 Å². The van der Waals surface area contributed by atoms with Crippen molar-refractivity contribution in [2.45, 2.75) is 0 Å². The average Bonchev–Trinajstić information content (AvgIpc) is 1.59. The van der Waals surface area contributed by atoms with E-state index in [2.05, 4.69) is 0 Å². The highest BCUT2D eigenvalue weighted by atomic mass is 32.3. The molecule has 0 aliphatic carbocycles. The fourth-order valence-electron chi connectivity index (χ4n) is 0.168. The molecule has 2 N–H and O–H groups in total. The Kier molecular flexibility index (Phi) is 2.88. The first-order valence-corrected chi connectivity index (χ1v) is 3.25. The zero-order valence-electron chi connectivity index (χ0n) is 3.96. The minimum atomic E-state index is -4.60. The normalized spacial score (nSPS) is 11.8. The van der Waals surface area contributed by atoms with Gasteiger partial charge in [-0.3, -0.25) is 0 Å². The van der Waals surface area contributed by atoms with E-state index in [9.17, 15) is 12.3 Å². The predicted molar refractivity (Wildman–Crippen MR) is 25.1 cm³/mol. The van der Waals surface area contributed by atoms with Gasteiger partial charge in [-0.05, 0) is 0 Å². The Morgan fingerprint density at radius 1 is 1.62 bits per heavy atom. The highest BCUT2D eigenvalue weighted by Crippen LogP contribution is 1.78. The van der Waals surface area contributed by atoms with Gasteiger partial charge >= 0.3 is 10.4 Å². The van der Waals surface area contributed by atoms with Gasteiger partial charge in [0, 0.05) is 6.54 Å². The van der Waals surface area contributed by atoms with Gasteiger partial charge in [0.2, 0.25) is 0 Å². The van der Waals surface area contributed by atoms with Gasteiger partial charge in [0.05, 0.1) is 6.61 Å². The predicted octanol–water partition coefficient (Wildman–Crippen LogP) is -1.22. The molecule has 0 fully saturated rings. The molecule has 0 aromatic heterocycles. The highest BCUT2D eigenvalue weighted by Gasteiger charge is 2.01. The van der Waals surface area contributed by atoms with Crippen molar-refractivity contribution in [2.75, 3.05) is 13.2 Å². The topological polar surface area (TPSA) is 66.4 Å². The van der Waals surface area contributed by atoms with E-state index in [1.165, 1.54) is 4.72 Å². The lowest BCUT2D eigenvalue weighted by molar-refractivity contribution is 0.300. The Hall–Kier alpha value is -0.200. The van der Waals surface area contributed by atoms with Crippen molar-refractivity contribution in [2.24, 2.45) is 0 Å². The van der Waals surface area contributed by atoms with Crippen LogP contribution in [0, 0.1) is 0 Å². The maximum Gasteiger partial charge on any atom is 0.372 e. The number of nitrogens with one attached hydrogen (secondary N) is 1. The Bertz CT molecular complexity index is 141. The van der Waals surface area contributed by atoms with Gasteiger partial charge < -0.3 is 5.11 Å². The largest absolute Gasteiger partial charge is 0.395 e. The van der Waals surface area contributed by atoms with Crippen LogP contribution in [0.25, 0.3) is 0 Å². The smallest absolute Gasteiger partial charge is 0.372 e. The number of hydrogen-bond acceptors (Lipinski definition) is 3. The van der Waals surface area contributed by atoms with E-state index in [1.54, 1.807) is 0 Å². The van der Waals surface area contributed by atoms with E-state index in [-0.39, 0.29) is 6.54 Å². The van der Waals surface area contributed by atoms with Gasteiger partial charge in [0.25, 0.3) is 0 Å². The molecule has 8 heavy (non-hydrogen) atoms. The van der Waals surface area contributed by atoms with E-state index in [0.29, 0.717) is 0 Å². The second-order valence-corrected chi connectivity index (χ2v) is 2.22. The van der Waals surface area contributed by atoms with Gasteiger partial charge in [-0.2, -0.15) is 13.1 Å². The molecule has 0 aromatic carbocycles. The monoisotopic (exact) mass is 143 g/mol. The van der Waals surface area contributed by atoms with Crippen LogP contribution in [0.2, 0.25) is 0 Å². The van der Waals surface area contributed by atoms with Crippen LogP contribution in [0.3, 0.4) is 0 Å². The van der Waals surface area contributed by atoms with Crippen molar-refractivity contribution in [1.82, 2.24) is 4.72 Å². The Morgan fingerprint density at radius 3 is 2.25 bits per heavy atom. The van der Waals surface area contributed by atoms with Crippen LogP contribution in [-0.2, 0) is 10.4 Å². The average molecular weight is 143 g/mol. The Labute approximate surface area is 46.7 Å². The van der Waals surface area contributed by atoms with Crippen molar-refractivity contribution in [1.29, 1.82) is 0 Å². The Balaban J connectivity index is 3.42. The van der Waals surface area contributed by atoms with Crippen molar-refractivity contribution in [3.8, 4) is 0 Å². The lowest BCUT2D eigenvalue weighted by Gasteiger charge is -1.91. The first kappa shape index (κ1) is 7.80. The zero-order chi connectivity index (χ0) is 6.62. The summed E-state index contributed by atoms with van der Waals surface area (Å²) in [6.07, 6.45) is 0. The van der Waals surface area contributed by atoms with E-state index in [4.69, 9.17) is 5.11 Å². The number of aliphatic hydroxyl groups excluding tert-OH is 1. The lowest BCUT2D eigenvalue weighted by Crippen LogP contribution is -2.22. The van der Waals surface area contributed by atoms with Crippen molar-refractivity contribution < 1.29 is 17.4 Å². The molecule has 0 radical (unpaired) electrons. The fourth-order valence-corrected chi connectivity index (χ4v) is 0.503. The minimum absolute atomic E-state index is 0.279. The molecule has 0 unspecified atom stereocenters. The molecule has 6 heteroatoms. The summed E-state index contributed by atoms with van der Waals surface area (Å²) in [7, 11) is -4.60. The van der Waals surface area contributed by atoms with Gasteiger partial charge in [-0.15, -0.1) is 0 Å². The summed E-state index contributed by atoms with van der Waals surface area (Å²) in [5.74, 6) is 0. The van der Waals surface area contributed by atoms with Crippen LogP contribution >= 0.6 is 0 Å². The molecule has 0 aliphatic heterocycles. The second-order valence-electron chi connectivity index (χ2n) is 1.06. The van der Waals surface area contributed by atoms with E-state index in [1.807, 2.05) is 0 Å². The highest BCUT2D eigenvalue weighted by molar-refractivity contribution is 7.84. The SMILES string of the molecule is O=S(=O)(F)NCCO. The molecular formula is C2H6FNO3S. The molecular weight excluding hydrogens is 137 g/mol. The molecule has 0 spiro atoms. The number of rotatable bonds is 3. The maximum absolute atomic E-state index is 11.3. The molecule has 0 rings (SSSR count). The summed E-state index contributed by atoms with van der Waals surface area (Å²) in [4.78, 5) is 0. The Morgan fingerprint density at radius 2 is 2.12 bits per heavy atom. The first-order valence-electron chi connectivity index (χ1n) is 1.86. The summed E-state index contributed by atoms with van der Waals surface area (Å²) in [6.45, 7) is -0.679. The first-order chi connectivity index (χ1) is 3.56. The van der Waals surface area contributed by atoms with Gasteiger partial charge in [0.1, 0.15) is 0 Å². The fraction of sp³-hybridized carbons (Fsp3) is 1.00. The quantitative estimate of drug-likeness (QED) is 0.487. The standard InChI is InChI=1S/C2H6FNO3S/c3-8(6,7)4-1-2-5/h4-5H,1-2H2. The minimum Gasteiger partial charge on any atom is -0.395 e. The lowest BCUT2D eigenvalue weighted by atomic mass is 10.8. The molecule has 0 saturated carbocycles. The summed E-state index contributed by atoms with van der Waals surface area (Å²) >= 11 is 0. The summed E-state index contributed by atoms with van der Waals surface area (Å²) in [5.41, 5.74) is 0. The molecule has 0 atom stereocenters. The third-order valence-corrected chi connectivity index (χ3v) is 0.935. The number of hydrogen-bond donors (Lipinski definition) is 2. The number of aliphatic hydroxyl groups is 1. The molecule has 0 saturated heterocycles. The summed E-state index contributed by atoms with van der Waals surface area (Å²) in [5, 5.41) is 7.94. The van der Waals surface area contributed by atoms with Gasteiger partial charge in [-0.1, -0.05) is 3.89 Å². The maximum atomic E-state index is 11.3. The summed E-state index contributed by atoms with van der Waals surface area (Å²) in [6, 6.07) is 0. The van der Waals surface area contributed by atoms with Gasteiger partial charge in [-0.25, -0.2) is 0 Å². The van der Waals surface area contributed by atoms with Crippen molar-refractivity contribution in [3.05, 3.63) is 0 Å². The molecule has 0 aliphatic rings. The zero-order valence-corrected chi connectivity index (χ0v) is 4.78. The molecule has 0 bridgehead atoms. The third kappa shape index (κ3) is 5.80. The summed E-state index contributed by atoms with van der Waals surface area (Å²) < 4.78 is 31.8. The van der Waals surface area contributed by atoms with E-state index < -0.39 is 17.0 Å². The van der Waals surface area contributed by atoms with E-state index >= 15 is 0 Å². The van der Waals surface area contributed by atoms with Crippen LogP contribution in [0.5, 0.6) is 0 Å². The third-order valence-electron chi connectivity index (χ3n) is 0.386. The second kappa shape index (κ2) is 2.95. The number of halogens is 1. The molecule has 4 nitrogen and oxygen atoms in total. The molecule has 0 aromatic rings. The van der Waals surface area contributed by atoms with Gasteiger partial charge in [0.15, 0.2) is 0 Å². The molecule has 50 valence electrons. The van der Waals surface area contributed by atoms with Crippen LogP contribution in [0.1, 0.15) is 0 Å². The van der Waals surface area contributed by atoms with Crippen molar-refractivity contribution >= 4 is 10.4 Å². The van der Waals surface area contributed by atoms with Crippen LogP contribution in [0.4, 0.5) is 3.89 Å². The van der Waals surface area contributed by atoms with E-state index in [0.717, 1.165) is 0 Å². The molecule has 0 amide bonds. The van der Waals surface area contributed by atoms with Crippen LogP contribution < -0.4 is 4.72 Å². The van der Waals surface area contributed by atoms with Crippen LogP contribution in [-0.4, -0.2) is 26.7 Å². The molecule has 0 heterocycles. The van der Waals surface area contributed by atoms with Crippen LogP contribution in [0.15, 0.2) is 0 Å².